The van der Waals surface area contributed by atoms with Gasteiger partial charge >= 0.3 is 5.97 Å². The number of hydrogen-bond acceptors (Lipinski definition) is 4. The third-order valence-corrected chi connectivity index (χ3v) is 5.21. The van der Waals surface area contributed by atoms with Crippen LogP contribution in [0.25, 0.3) is 0 Å². The van der Waals surface area contributed by atoms with E-state index in [2.05, 4.69) is 5.32 Å². The minimum Gasteiger partial charge on any atom is -0.454 e. The zero-order valence-electron chi connectivity index (χ0n) is 15.9. The molecule has 0 aromatic heterocycles. The Morgan fingerprint density at radius 2 is 1.96 bits per heavy atom. The fraction of sp³-hybridized carbons (Fsp3) is 0.391. The normalized spacial score (nSPS) is 18.3. The number of cyclic esters (lactones) is 1. The summed E-state index contributed by atoms with van der Waals surface area (Å²) >= 11 is 0. The topological polar surface area (TPSA) is 64.6 Å². The highest BCUT2D eigenvalue weighted by molar-refractivity contribution is 5.97. The van der Waals surface area contributed by atoms with Crippen molar-refractivity contribution in [2.45, 2.75) is 31.8 Å². The lowest BCUT2D eigenvalue weighted by Crippen LogP contribution is -2.27. The maximum absolute atomic E-state index is 12.4. The van der Waals surface area contributed by atoms with E-state index >= 15 is 0 Å². The third-order valence-electron chi connectivity index (χ3n) is 5.21. The molecule has 1 heterocycles. The summed E-state index contributed by atoms with van der Waals surface area (Å²) in [5.41, 5.74) is 2.92. The Balaban J connectivity index is 1.34. The molecule has 1 fully saturated rings. The maximum Gasteiger partial charge on any atom is 0.339 e. The van der Waals surface area contributed by atoms with Crippen LogP contribution in [0.2, 0.25) is 0 Å². The third kappa shape index (κ3) is 4.60. The average Bonchev–Trinajstić information content (AvgIpc) is 3.55. The Morgan fingerprint density at radius 3 is 2.75 bits per heavy atom. The quantitative estimate of drug-likeness (QED) is 0.561. The SMILES string of the molecule is O=C(NCCCOCC1CC1)c1ccc2c(c1)CC(c1ccccc1)OC2=O. The molecule has 1 N–H and O–H groups in total. The van der Waals surface area contributed by atoms with Gasteiger partial charge in [0.25, 0.3) is 5.91 Å². The Bertz CT molecular complexity index is 845. The lowest BCUT2D eigenvalue weighted by molar-refractivity contribution is 0.0252. The van der Waals surface area contributed by atoms with Crippen LogP contribution < -0.4 is 5.32 Å². The van der Waals surface area contributed by atoms with E-state index in [0.29, 0.717) is 30.7 Å². The first-order valence-electron chi connectivity index (χ1n) is 9.95. The first kappa shape index (κ1) is 18.7. The van der Waals surface area contributed by atoms with E-state index in [9.17, 15) is 9.59 Å². The van der Waals surface area contributed by atoms with Gasteiger partial charge in [0, 0.05) is 31.7 Å². The summed E-state index contributed by atoms with van der Waals surface area (Å²) in [5.74, 6) is 0.298. The summed E-state index contributed by atoms with van der Waals surface area (Å²) < 4.78 is 11.2. The molecule has 1 aliphatic heterocycles. The van der Waals surface area contributed by atoms with Crippen molar-refractivity contribution in [3.8, 4) is 0 Å². The van der Waals surface area contributed by atoms with E-state index in [1.54, 1.807) is 12.1 Å². The van der Waals surface area contributed by atoms with Crippen molar-refractivity contribution in [3.05, 3.63) is 70.8 Å². The number of nitrogens with one attached hydrogen (secondary N) is 1. The highest BCUT2D eigenvalue weighted by atomic mass is 16.5. The van der Waals surface area contributed by atoms with Crippen LogP contribution in [0.5, 0.6) is 0 Å². The second kappa shape index (κ2) is 8.57. The van der Waals surface area contributed by atoms with Gasteiger partial charge in [0.05, 0.1) is 5.56 Å². The van der Waals surface area contributed by atoms with Gasteiger partial charge < -0.3 is 14.8 Å². The molecule has 4 rings (SSSR count). The van der Waals surface area contributed by atoms with Crippen LogP contribution in [0.3, 0.4) is 0 Å². The van der Waals surface area contributed by atoms with Gasteiger partial charge in [-0.05, 0) is 54.5 Å². The minimum absolute atomic E-state index is 0.125. The summed E-state index contributed by atoms with van der Waals surface area (Å²) in [6, 6.07) is 14.9. The lowest BCUT2D eigenvalue weighted by atomic mass is 9.93. The second-order valence-electron chi connectivity index (χ2n) is 7.51. The number of esters is 1. The Kier molecular flexibility index (Phi) is 5.72. The number of fused-ring (bicyclic) bond motifs is 1. The molecule has 0 saturated heterocycles. The molecule has 1 amide bonds. The molecule has 5 heteroatoms. The van der Waals surface area contributed by atoms with Crippen molar-refractivity contribution in [3.63, 3.8) is 0 Å². The second-order valence-corrected chi connectivity index (χ2v) is 7.51. The van der Waals surface area contributed by atoms with Crippen molar-refractivity contribution >= 4 is 11.9 Å². The highest BCUT2D eigenvalue weighted by Crippen LogP contribution is 2.31. The molecule has 28 heavy (non-hydrogen) atoms. The molecule has 2 aromatic rings. The molecule has 146 valence electrons. The zero-order chi connectivity index (χ0) is 19.3. The van der Waals surface area contributed by atoms with E-state index in [-0.39, 0.29) is 18.0 Å². The molecule has 1 aliphatic carbocycles. The number of rotatable bonds is 8. The molecule has 5 nitrogen and oxygen atoms in total. The van der Waals surface area contributed by atoms with Crippen LogP contribution in [0.15, 0.2) is 48.5 Å². The van der Waals surface area contributed by atoms with Crippen LogP contribution in [0, 0.1) is 5.92 Å². The summed E-state index contributed by atoms with van der Waals surface area (Å²) in [6.07, 6.45) is 3.62. The monoisotopic (exact) mass is 379 g/mol. The van der Waals surface area contributed by atoms with Crippen LogP contribution >= 0.6 is 0 Å². The maximum atomic E-state index is 12.4. The molecule has 0 radical (unpaired) electrons. The van der Waals surface area contributed by atoms with E-state index in [0.717, 1.165) is 30.1 Å². The van der Waals surface area contributed by atoms with Crippen LogP contribution in [-0.4, -0.2) is 31.6 Å². The molecular formula is C23H25NO4. The van der Waals surface area contributed by atoms with Gasteiger partial charge in [0.1, 0.15) is 6.10 Å². The molecule has 2 aromatic carbocycles. The first-order chi connectivity index (χ1) is 13.7. The van der Waals surface area contributed by atoms with E-state index in [4.69, 9.17) is 9.47 Å². The standard InChI is InChI=1S/C23H25NO4/c25-22(24-11-4-12-27-15-16-7-8-16)18-9-10-20-19(13-18)14-21(28-23(20)26)17-5-2-1-3-6-17/h1-3,5-6,9-10,13,16,21H,4,7-8,11-12,14-15H2,(H,24,25). The van der Waals surface area contributed by atoms with Gasteiger partial charge in [-0.25, -0.2) is 4.79 Å². The van der Waals surface area contributed by atoms with Crippen LogP contribution in [0.1, 0.15) is 57.2 Å². The van der Waals surface area contributed by atoms with E-state index < -0.39 is 0 Å². The molecule has 1 atom stereocenters. The van der Waals surface area contributed by atoms with Gasteiger partial charge in [-0.1, -0.05) is 30.3 Å². The number of carbonyl (C=O) groups excluding carboxylic acids is 2. The van der Waals surface area contributed by atoms with Crippen molar-refractivity contribution < 1.29 is 19.1 Å². The van der Waals surface area contributed by atoms with E-state index in [1.165, 1.54) is 12.8 Å². The molecule has 2 aliphatic rings. The zero-order valence-corrected chi connectivity index (χ0v) is 15.9. The molecule has 0 spiro atoms. The van der Waals surface area contributed by atoms with Crippen LogP contribution in [-0.2, 0) is 15.9 Å². The Hall–Kier alpha value is -2.66. The predicted molar refractivity (Wildman–Crippen MR) is 105 cm³/mol. The van der Waals surface area contributed by atoms with Gasteiger partial charge in [0.15, 0.2) is 0 Å². The van der Waals surface area contributed by atoms with Gasteiger partial charge in [-0.3, -0.25) is 4.79 Å². The highest BCUT2D eigenvalue weighted by Gasteiger charge is 2.28. The average molecular weight is 379 g/mol. The summed E-state index contributed by atoms with van der Waals surface area (Å²) in [7, 11) is 0. The van der Waals surface area contributed by atoms with Crippen molar-refractivity contribution in [2.24, 2.45) is 5.92 Å². The van der Waals surface area contributed by atoms with Gasteiger partial charge in [0.2, 0.25) is 0 Å². The summed E-state index contributed by atoms with van der Waals surface area (Å²) in [5, 5.41) is 2.93. The molecule has 1 saturated carbocycles. The lowest BCUT2D eigenvalue weighted by Gasteiger charge is -2.25. The largest absolute Gasteiger partial charge is 0.454 e. The summed E-state index contributed by atoms with van der Waals surface area (Å²) in [6.45, 7) is 2.10. The van der Waals surface area contributed by atoms with Crippen molar-refractivity contribution in [2.75, 3.05) is 19.8 Å². The van der Waals surface area contributed by atoms with Gasteiger partial charge in [-0.15, -0.1) is 0 Å². The number of amides is 1. The number of carbonyl (C=O) groups is 2. The molecule has 1 unspecified atom stereocenters. The first-order valence-corrected chi connectivity index (χ1v) is 9.95. The number of benzene rings is 2. The van der Waals surface area contributed by atoms with Gasteiger partial charge in [-0.2, -0.15) is 0 Å². The fourth-order valence-corrected chi connectivity index (χ4v) is 3.40. The Labute approximate surface area is 165 Å². The van der Waals surface area contributed by atoms with Crippen molar-refractivity contribution in [1.82, 2.24) is 5.32 Å². The van der Waals surface area contributed by atoms with E-state index in [1.807, 2.05) is 36.4 Å². The smallest absolute Gasteiger partial charge is 0.339 e. The number of hydrogen-bond donors (Lipinski definition) is 1. The minimum atomic E-state index is -0.338. The molecular weight excluding hydrogens is 354 g/mol. The van der Waals surface area contributed by atoms with Crippen molar-refractivity contribution in [1.29, 1.82) is 0 Å². The fourth-order valence-electron chi connectivity index (χ4n) is 3.40. The molecule has 0 bridgehead atoms. The number of ether oxygens (including phenoxy) is 2. The van der Waals surface area contributed by atoms with Crippen LogP contribution in [0.4, 0.5) is 0 Å². The Morgan fingerprint density at radius 1 is 1.14 bits per heavy atom. The predicted octanol–water partition coefficient (Wildman–Crippen LogP) is 3.69. The summed E-state index contributed by atoms with van der Waals surface area (Å²) in [4.78, 5) is 24.8.